The maximum Gasteiger partial charge on any atom is 0.270 e. The predicted molar refractivity (Wildman–Crippen MR) is 121 cm³/mol. The number of rotatable bonds is 6. The van der Waals surface area contributed by atoms with Gasteiger partial charge in [-0.05, 0) is 64.4 Å². The lowest BCUT2D eigenvalue weighted by atomic mass is 10.0. The number of non-ortho nitro benzene ring substituents is 1. The van der Waals surface area contributed by atoms with Crippen LogP contribution >= 0.6 is 22.6 Å². The highest BCUT2D eigenvalue weighted by atomic mass is 127. The van der Waals surface area contributed by atoms with E-state index in [-0.39, 0.29) is 5.69 Å². The molecule has 0 unspecified atom stereocenters. The van der Waals surface area contributed by atoms with Crippen molar-refractivity contribution >= 4 is 39.9 Å². The van der Waals surface area contributed by atoms with E-state index in [1.54, 1.807) is 18.2 Å². The Morgan fingerprint density at radius 2 is 1.93 bits per heavy atom. The number of ether oxygens (including phenoxy) is 1. The van der Waals surface area contributed by atoms with E-state index < -0.39 is 4.92 Å². The van der Waals surface area contributed by atoms with Crippen LogP contribution in [0.15, 0.2) is 66.7 Å². The number of nitro groups is 1. The molecule has 0 saturated carbocycles. The molecule has 0 N–H and O–H groups in total. The Kier molecular flexibility index (Phi) is 6.62. The van der Waals surface area contributed by atoms with E-state index in [9.17, 15) is 15.4 Å². The van der Waals surface area contributed by atoms with Gasteiger partial charge < -0.3 is 4.74 Å². The van der Waals surface area contributed by atoms with Crippen LogP contribution in [0.3, 0.4) is 0 Å². The minimum absolute atomic E-state index is 0.0434. The van der Waals surface area contributed by atoms with Gasteiger partial charge >= 0.3 is 0 Å². The number of hydrogen-bond donors (Lipinski definition) is 0. The molecule has 0 aliphatic carbocycles. The molecule has 0 aromatic heterocycles. The van der Waals surface area contributed by atoms with Crippen LogP contribution in [0.5, 0.6) is 5.75 Å². The maximum atomic E-state index is 11.0. The number of nitro benzene ring substituents is 1. The number of hydrogen-bond acceptors (Lipinski definition) is 4. The third kappa shape index (κ3) is 5.42. The van der Waals surface area contributed by atoms with Crippen molar-refractivity contribution in [3.63, 3.8) is 0 Å². The van der Waals surface area contributed by atoms with Crippen LogP contribution in [-0.4, -0.2) is 4.92 Å². The number of allylic oxidation sites excluding steroid dienone is 1. The molecule has 5 nitrogen and oxygen atoms in total. The number of nitriles is 1. The highest BCUT2D eigenvalue weighted by Gasteiger charge is 2.09. The minimum Gasteiger partial charge on any atom is -0.488 e. The van der Waals surface area contributed by atoms with Crippen molar-refractivity contribution in [3.05, 3.63) is 103 Å². The van der Waals surface area contributed by atoms with E-state index >= 15 is 0 Å². The molecule has 3 aromatic carbocycles. The third-order valence-electron chi connectivity index (χ3n) is 4.27. The molecule has 0 radical (unpaired) electrons. The Hall–Kier alpha value is -3.18. The van der Waals surface area contributed by atoms with Gasteiger partial charge in [-0.1, -0.05) is 48.0 Å². The molecular weight excluding hydrogens is 479 g/mol. The zero-order chi connectivity index (χ0) is 20.8. The van der Waals surface area contributed by atoms with Gasteiger partial charge in [0.15, 0.2) is 0 Å². The van der Waals surface area contributed by atoms with E-state index in [1.807, 2.05) is 37.3 Å². The summed E-state index contributed by atoms with van der Waals surface area (Å²) in [6.45, 7) is 2.52. The van der Waals surface area contributed by atoms with Gasteiger partial charge in [-0.15, -0.1) is 0 Å². The summed E-state index contributed by atoms with van der Waals surface area (Å²) in [6.07, 6.45) is 1.71. The molecule has 0 amide bonds. The number of benzene rings is 3. The van der Waals surface area contributed by atoms with Crippen molar-refractivity contribution in [1.82, 2.24) is 0 Å². The van der Waals surface area contributed by atoms with Gasteiger partial charge in [-0.3, -0.25) is 10.1 Å². The molecule has 0 fully saturated rings. The summed E-state index contributed by atoms with van der Waals surface area (Å²) in [6, 6.07) is 22.0. The zero-order valence-electron chi connectivity index (χ0n) is 15.6. The van der Waals surface area contributed by atoms with Gasteiger partial charge in [0, 0.05) is 12.1 Å². The Bertz CT molecular complexity index is 1120. The van der Waals surface area contributed by atoms with Crippen LogP contribution in [0, 0.1) is 31.9 Å². The molecule has 29 heavy (non-hydrogen) atoms. The quantitative estimate of drug-likeness (QED) is 0.135. The number of aryl methyl sites for hydroxylation is 1. The number of nitrogens with zero attached hydrogens (tertiary/aromatic N) is 2. The third-order valence-corrected chi connectivity index (χ3v) is 5.11. The van der Waals surface area contributed by atoms with Crippen molar-refractivity contribution in [2.45, 2.75) is 13.5 Å². The van der Waals surface area contributed by atoms with Crippen LogP contribution in [0.4, 0.5) is 5.69 Å². The molecule has 6 heteroatoms. The average Bonchev–Trinajstić information content (AvgIpc) is 2.72. The normalized spacial score (nSPS) is 11.0. The van der Waals surface area contributed by atoms with Crippen molar-refractivity contribution < 1.29 is 9.66 Å². The lowest BCUT2D eigenvalue weighted by molar-refractivity contribution is -0.384. The Morgan fingerprint density at radius 1 is 1.17 bits per heavy atom. The standard InChI is InChI=1S/C23H17IN2O3/c1-16-5-7-17(8-6-16)15-29-23-10-9-18(12-22(23)24)11-20(14-25)19-3-2-4-21(13-19)26(27)28/h2-13H,15H2,1H3. The van der Waals surface area contributed by atoms with Gasteiger partial charge in [-0.25, -0.2) is 0 Å². The fourth-order valence-electron chi connectivity index (χ4n) is 2.70. The maximum absolute atomic E-state index is 11.0. The van der Waals surface area contributed by atoms with Gasteiger partial charge in [0.05, 0.1) is 20.1 Å². The van der Waals surface area contributed by atoms with Gasteiger partial charge in [0.2, 0.25) is 0 Å². The van der Waals surface area contributed by atoms with E-state index in [2.05, 4.69) is 40.8 Å². The van der Waals surface area contributed by atoms with Gasteiger partial charge in [0.25, 0.3) is 5.69 Å². The topological polar surface area (TPSA) is 76.2 Å². The smallest absolute Gasteiger partial charge is 0.270 e. The summed E-state index contributed by atoms with van der Waals surface area (Å²) in [5.41, 5.74) is 3.94. The largest absolute Gasteiger partial charge is 0.488 e. The van der Waals surface area contributed by atoms with Crippen molar-refractivity contribution in [1.29, 1.82) is 5.26 Å². The first-order valence-corrected chi connectivity index (χ1v) is 9.88. The van der Waals surface area contributed by atoms with Crippen LogP contribution < -0.4 is 4.74 Å². The Labute approximate surface area is 182 Å². The second kappa shape index (κ2) is 9.34. The molecule has 3 aromatic rings. The van der Waals surface area contributed by atoms with E-state index in [0.29, 0.717) is 17.7 Å². The van der Waals surface area contributed by atoms with Crippen LogP contribution in [0.25, 0.3) is 11.6 Å². The summed E-state index contributed by atoms with van der Waals surface area (Å²) in [4.78, 5) is 10.5. The molecular formula is C23H17IN2O3. The van der Waals surface area contributed by atoms with Crippen LogP contribution in [0.2, 0.25) is 0 Å². The van der Waals surface area contributed by atoms with Gasteiger partial charge in [-0.2, -0.15) is 5.26 Å². The molecule has 0 heterocycles. The minimum atomic E-state index is -0.471. The Balaban J connectivity index is 1.79. The first kappa shape index (κ1) is 20.6. The first-order chi connectivity index (χ1) is 14.0. The summed E-state index contributed by atoms with van der Waals surface area (Å²) < 4.78 is 6.82. The lowest BCUT2D eigenvalue weighted by Crippen LogP contribution is -1.97. The van der Waals surface area contributed by atoms with E-state index in [0.717, 1.165) is 20.4 Å². The fourth-order valence-corrected chi connectivity index (χ4v) is 3.40. The molecule has 3 rings (SSSR count). The van der Waals surface area contributed by atoms with Crippen molar-refractivity contribution in [2.24, 2.45) is 0 Å². The zero-order valence-corrected chi connectivity index (χ0v) is 17.8. The molecule has 0 bridgehead atoms. The van der Waals surface area contributed by atoms with Gasteiger partial charge in [0.1, 0.15) is 12.4 Å². The van der Waals surface area contributed by atoms with Crippen molar-refractivity contribution in [3.8, 4) is 11.8 Å². The summed E-state index contributed by atoms with van der Waals surface area (Å²) in [7, 11) is 0. The van der Waals surface area contributed by atoms with Crippen LogP contribution in [0.1, 0.15) is 22.3 Å². The summed E-state index contributed by atoms with van der Waals surface area (Å²) >= 11 is 2.20. The second-order valence-corrected chi connectivity index (χ2v) is 7.60. The second-order valence-electron chi connectivity index (χ2n) is 6.44. The highest BCUT2D eigenvalue weighted by molar-refractivity contribution is 14.1. The molecule has 0 spiro atoms. The Morgan fingerprint density at radius 3 is 2.59 bits per heavy atom. The molecule has 0 atom stereocenters. The molecule has 0 aliphatic heterocycles. The lowest BCUT2D eigenvalue weighted by Gasteiger charge is -2.09. The average molecular weight is 496 g/mol. The summed E-state index contributed by atoms with van der Waals surface area (Å²) in [5, 5.41) is 20.5. The number of halogens is 1. The van der Waals surface area contributed by atoms with Crippen LogP contribution in [-0.2, 0) is 6.61 Å². The monoisotopic (exact) mass is 496 g/mol. The molecule has 144 valence electrons. The highest BCUT2D eigenvalue weighted by Crippen LogP contribution is 2.27. The fraction of sp³-hybridized carbons (Fsp3) is 0.0870. The van der Waals surface area contributed by atoms with Crippen molar-refractivity contribution in [2.75, 3.05) is 0 Å². The predicted octanol–water partition coefficient (Wildman–Crippen LogP) is 6.15. The summed E-state index contributed by atoms with van der Waals surface area (Å²) in [5.74, 6) is 0.761. The van der Waals surface area contributed by atoms with E-state index in [4.69, 9.17) is 4.74 Å². The molecule has 0 saturated heterocycles. The first-order valence-electron chi connectivity index (χ1n) is 8.81. The van der Waals surface area contributed by atoms with E-state index in [1.165, 1.54) is 17.7 Å². The SMILES string of the molecule is Cc1ccc(COc2ccc(C=C(C#N)c3cccc([N+](=O)[O-])c3)cc2I)cc1. The molecule has 0 aliphatic rings.